The molecule has 3 rings (SSSR count). The van der Waals surface area contributed by atoms with Crippen molar-refractivity contribution in [2.75, 3.05) is 5.32 Å². The largest absolute Gasteiger partial charge is 0.304 e. The summed E-state index contributed by atoms with van der Waals surface area (Å²) < 4.78 is 1.80. The van der Waals surface area contributed by atoms with Gasteiger partial charge in [-0.15, -0.1) is 11.3 Å². The Balaban J connectivity index is 1.57. The molecular formula is C14H13N5OS. The number of anilines is 1. The van der Waals surface area contributed by atoms with E-state index in [-0.39, 0.29) is 5.91 Å². The number of carbonyl (C=O) groups excluding carboxylic acids is 1. The Morgan fingerprint density at radius 2 is 2.14 bits per heavy atom. The number of nitrogens with one attached hydrogen (secondary N) is 1. The summed E-state index contributed by atoms with van der Waals surface area (Å²) in [5, 5.41) is 8.75. The van der Waals surface area contributed by atoms with Crippen molar-refractivity contribution in [3.63, 3.8) is 0 Å². The molecule has 1 N–H and O–H groups in total. The Labute approximate surface area is 125 Å². The van der Waals surface area contributed by atoms with Crippen LogP contribution in [0.25, 0.3) is 0 Å². The van der Waals surface area contributed by atoms with E-state index in [0.29, 0.717) is 11.5 Å². The third kappa shape index (κ3) is 3.51. The van der Waals surface area contributed by atoms with Crippen LogP contribution in [0.2, 0.25) is 0 Å². The molecule has 0 aliphatic carbocycles. The van der Waals surface area contributed by atoms with Crippen LogP contribution >= 0.6 is 11.3 Å². The molecule has 0 bridgehead atoms. The summed E-state index contributed by atoms with van der Waals surface area (Å²) in [6.45, 7) is 0.747. The van der Waals surface area contributed by atoms with Crippen LogP contribution in [0.15, 0.2) is 47.7 Å². The lowest BCUT2D eigenvalue weighted by atomic mass is 10.2. The molecule has 0 aliphatic rings. The third-order valence-electron chi connectivity index (χ3n) is 2.93. The Morgan fingerprint density at radius 1 is 1.29 bits per heavy atom. The van der Waals surface area contributed by atoms with Gasteiger partial charge in [-0.2, -0.15) is 5.10 Å². The molecule has 3 heterocycles. The fourth-order valence-corrected chi connectivity index (χ4v) is 2.38. The quantitative estimate of drug-likeness (QED) is 0.784. The maximum Gasteiger partial charge on any atom is 0.276 e. The van der Waals surface area contributed by atoms with E-state index < -0.39 is 0 Å². The minimum absolute atomic E-state index is 0.240. The van der Waals surface area contributed by atoms with Gasteiger partial charge in [-0.05, 0) is 24.1 Å². The summed E-state index contributed by atoms with van der Waals surface area (Å²) >= 11 is 1.39. The molecule has 0 spiro atoms. The Hall–Kier alpha value is -2.54. The minimum atomic E-state index is -0.240. The van der Waals surface area contributed by atoms with Crippen LogP contribution in [0.5, 0.6) is 0 Å². The molecule has 3 aromatic rings. The third-order valence-corrected chi connectivity index (χ3v) is 3.51. The van der Waals surface area contributed by atoms with Gasteiger partial charge in [0.05, 0.1) is 5.51 Å². The van der Waals surface area contributed by atoms with Gasteiger partial charge >= 0.3 is 0 Å². The molecule has 1 amide bonds. The lowest BCUT2D eigenvalue weighted by Gasteiger charge is -2.02. The van der Waals surface area contributed by atoms with E-state index in [1.807, 2.05) is 18.3 Å². The highest BCUT2D eigenvalue weighted by Crippen LogP contribution is 2.08. The van der Waals surface area contributed by atoms with E-state index in [4.69, 9.17) is 0 Å². The fourth-order valence-electron chi connectivity index (χ4n) is 1.85. The number of amides is 1. The van der Waals surface area contributed by atoms with Crippen molar-refractivity contribution >= 4 is 23.1 Å². The zero-order valence-corrected chi connectivity index (χ0v) is 12.0. The molecule has 0 atom stereocenters. The van der Waals surface area contributed by atoms with E-state index in [2.05, 4.69) is 20.4 Å². The van der Waals surface area contributed by atoms with Crippen molar-refractivity contribution in [3.8, 4) is 0 Å². The zero-order valence-electron chi connectivity index (χ0n) is 11.1. The highest BCUT2D eigenvalue weighted by atomic mass is 32.1. The number of nitrogens with zero attached hydrogens (tertiary/aromatic N) is 4. The standard InChI is InChI=1S/C14H13N5OS/c20-14(12-9-21-10-16-12)17-13-4-8-19(18-13)7-3-11-1-5-15-6-2-11/h1-2,4-6,8-10H,3,7H2,(H,17,18,20). The Kier molecular flexibility index (Phi) is 4.02. The maximum atomic E-state index is 11.8. The predicted molar refractivity (Wildman–Crippen MR) is 80.2 cm³/mol. The number of hydrogen-bond acceptors (Lipinski definition) is 5. The first-order chi connectivity index (χ1) is 10.3. The second kappa shape index (κ2) is 6.27. The number of thiazole rings is 1. The van der Waals surface area contributed by atoms with Crippen molar-refractivity contribution < 1.29 is 4.79 Å². The summed E-state index contributed by atoms with van der Waals surface area (Å²) in [6.07, 6.45) is 6.26. The average molecular weight is 299 g/mol. The topological polar surface area (TPSA) is 72.7 Å². The summed E-state index contributed by atoms with van der Waals surface area (Å²) in [7, 11) is 0. The van der Waals surface area contributed by atoms with Gasteiger partial charge in [0.15, 0.2) is 5.82 Å². The van der Waals surface area contributed by atoms with Crippen LogP contribution < -0.4 is 5.32 Å². The molecule has 0 aromatic carbocycles. The van der Waals surface area contributed by atoms with Crippen LogP contribution in [-0.4, -0.2) is 25.7 Å². The summed E-state index contributed by atoms with van der Waals surface area (Å²) in [5.74, 6) is 0.290. The predicted octanol–water partition coefficient (Wildman–Crippen LogP) is 2.23. The number of pyridine rings is 1. The van der Waals surface area contributed by atoms with Gasteiger partial charge in [-0.1, -0.05) is 0 Å². The van der Waals surface area contributed by atoms with Gasteiger partial charge in [0, 0.05) is 36.6 Å². The van der Waals surface area contributed by atoms with Crippen LogP contribution in [0, 0.1) is 0 Å². The van der Waals surface area contributed by atoms with Crippen molar-refractivity contribution in [1.82, 2.24) is 19.7 Å². The van der Waals surface area contributed by atoms with Crippen molar-refractivity contribution in [2.24, 2.45) is 0 Å². The average Bonchev–Trinajstić information content (AvgIpc) is 3.18. The molecule has 0 unspecified atom stereocenters. The Morgan fingerprint density at radius 3 is 2.90 bits per heavy atom. The molecule has 21 heavy (non-hydrogen) atoms. The normalized spacial score (nSPS) is 10.5. The SMILES string of the molecule is O=C(Nc1ccn(CCc2ccncc2)n1)c1cscn1. The smallest absolute Gasteiger partial charge is 0.276 e. The first-order valence-corrected chi connectivity index (χ1v) is 7.37. The molecule has 106 valence electrons. The second-order valence-corrected chi connectivity index (χ2v) is 5.12. The first kappa shape index (κ1) is 13.4. The highest BCUT2D eigenvalue weighted by Gasteiger charge is 2.09. The monoisotopic (exact) mass is 299 g/mol. The summed E-state index contributed by atoms with van der Waals surface area (Å²) in [4.78, 5) is 19.8. The van der Waals surface area contributed by atoms with Gasteiger partial charge in [-0.3, -0.25) is 14.5 Å². The Bertz CT molecular complexity index is 708. The van der Waals surface area contributed by atoms with Gasteiger partial charge in [0.1, 0.15) is 5.69 Å². The molecule has 7 heteroatoms. The summed E-state index contributed by atoms with van der Waals surface area (Å²) in [5.41, 5.74) is 3.24. The molecule has 3 aromatic heterocycles. The van der Waals surface area contributed by atoms with Crippen LogP contribution in [0.3, 0.4) is 0 Å². The van der Waals surface area contributed by atoms with Crippen LogP contribution in [0.4, 0.5) is 5.82 Å². The molecule has 0 saturated carbocycles. The van der Waals surface area contributed by atoms with E-state index >= 15 is 0 Å². The van der Waals surface area contributed by atoms with Crippen LogP contribution in [0.1, 0.15) is 16.1 Å². The number of hydrogen-bond donors (Lipinski definition) is 1. The van der Waals surface area contributed by atoms with Gasteiger partial charge in [-0.25, -0.2) is 4.98 Å². The number of aryl methyl sites for hydroxylation is 2. The minimum Gasteiger partial charge on any atom is -0.304 e. The number of carbonyl (C=O) groups is 1. The van der Waals surface area contributed by atoms with Crippen molar-refractivity contribution in [2.45, 2.75) is 13.0 Å². The maximum absolute atomic E-state index is 11.8. The lowest BCUT2D eigenvalue weighted by molar-refractivity contribution is 0.102. The lowest BCUT2D eigenvalue weighted by Crippen LogP contribution is -2.13. The van der Waals surface area contributed by atoms with Gasteiger partial charge < -0.3 is 5.32 Å². The second-order valence-electron chi connectivity index (χ2n) is 4.40. The molecular weight excluding hydrogens is 286 g/mol. The number of rotatable bonds is 5. The van der Waals surface area contributed by atoms with E-state index in [0.717, 1.165) is 13.0 Å². The van der Waals surface area contributed by atoms with Gasteiger partial charge in [0.25, 0.3) is 5.91 Å². The molecule has 0 aliphatic heterocycles. The van der Waals surface area contributed by atoms with E-state index in [9.17, 15) is 4.79 Å². The molecule has 0 fully saturated rings. The molecule has 0 saturated heterocycles. The fraction of sp³-hybridized carbons (Fsp3) is 0.143. The van der Waals surface area contributed by atoms with Gasteiger partial charge in [0.2, 0.25) is 0 Å². The van der Waals surface area contributed by atoms with Crippen LogP contribution in [-0.2, 0) is 13.0 Å². The highest BCUT2D eigenvalue weighted by molar-refractivity contribution is 7.07. The van der Waals surface area contributed by atoms with Crippen molar-refractivity contribution in [1.29, 1.82) is 0 Å². The number of aromatic nitrogens is 4. The molecule has 0 radical (unpaired) electrons. The summed E-state index contributed by atoms with van der Waals surface area (Å²) in [6, 6.07) is 5.74. The molecule has 6 nitrogen and oxygen atoms in total. The first-order valence-electron chi connectivity index (χ1n) is 6.43. The zero-order chi connectivity index (χ0) is 14.5. The van der Waals surface area contributed by atoms with E-state index in [1.165, 1.54) is 16.9 Å². The van der Waals surface area contributed by atoms with Crippen molar-refractivity contribution in [3.05, 3.63) is 58.9 Å². The van der Waals surface area contributed by atoms with E-state index in [1.54, 1.807) is 34.0 Å².